The Morgan fingerprint density at radius 2 is 0.944 bits per heavy atom. The van der Waals surface area contributed by atoms with E-state index in [-0.39, 0.29) is 5.41 Å². The van der Waals surface area contributed by atoms with Crippen molar-refractivity contribution in [1.82, 2.24) is 15.0 Å². The van der Waals surface area contributed by atoms with Crippen LogP contribution in [0.5, 0.6) is 0 Å². The fourth-order valence-electron chi connectivity index (χ4n) is 11.2. The van der Waals surface area contributed by atoms with Gasteiger partial charge in [-0.2, -0.15) is 5.26 Å². The maximum Gasteiger partial charge on any atom is 0.164 e. The lowest BCUT2D eigenvalue weighted by Crippen LogP contribution is -2.55. The highest BCUT2D eigenvalue weighted by Gasteiger charge is 2.62. The van der Waals surface area contributed by atoms with Gasteiger partial charge in [-0.3, -0.25) is 0 Å². The molecule has 0 amide bonds. The zero-order chi connectivity index (χ0) is 35.8. The van der Waals surface area contributed by atoms with E-state index in [1.165, 1.54) is 71.0 Å². The first-order valence-corrected chi connectivity index (χ1v) is 19.4. The van der Waals surface area contributed by atoms with Crippen LogP contribution >= 0.6 is 0 Å². The van der Waals surface area contributed by atoms with Gasteiger partial charge in [-0.05, 0) is 125 Å². The molecular formula is C50H38N4. The van der Waals surface area contributed by atoms with Crippen LogP contribution in [0.4, 0.5) is 0 Å². The maximum atomic E-state index is 10.3. The van der Waals surface area contributed by atoms with Crippen LogP contribution in [0, 0.1) is 35.0 Å². The van der Waals surface area contributed by atoms with E-state index in [2.05, 4.69) is 115 Å². The topological polar surface area (TPSA) is 62.5 Å². The van der Waals surface area contributed by atoms with Crippen LogP contribution in [-0.2, 0) is 5.41 Å². The Bertz CT molecular complexity index is 2540. The van der Waals surface area contributed by atoms with Gasteiger partial charge >= 0.3 is 0 Å². The number of benzene rings is 6. The smallest absolute Gasteiger partial charge is 0.164 e. The Morgan fingerprint density at radius 3 is 1.54 bits per heavy atom. The first-order chi connectivity index (χ1) is 26.7. The lowest BCUT2D eigenvalue weighted by atomic mass is 9.42. The Morgan fingerprint density at radius 1 is 0.444 bits per heavy atom. The second kappa shape index (κ2) is 12.2. The molecule has 5 aliphatic carbocycles. The summed E-state index contributed by atoms with van der Waals surface area (Å²) in [5.41, 5.74) is 13.9. The fraction of sp³-hybridized carbons (Fsp3) is 0.200. The van der Waals surface area contributed by atoms with Gasteiger partial charge < -0.3 is 0 Å². The van der Waals surface area contributed by atoms with Crippen molar-refractivity contribution in [1.29, 1.82) is 5.26 Å². The molecular weight excluding hydrogens is 657 g/mol. The highest BCUT2D eigenvalue weighted by atomic mass is 15.0. The van der Waals surface area contributed by atoms with E-state index in [1.807, 2.05) is 36.4 Å². The van der Waals surface area contributed by atoms with Gasteiger partial charge in [0.2, 0.25) is 0 Å². The van der Waals surface area contributed by atoms with Gasteiger partial charge in [0.1, 0.15) is 0 Å². The number of aromatic nitrogens is 3. The molecule has 7 aromatic rings. The van der Waals surface area contributed by atoms with E-state index >= 15 is 0 Å². The van der Waals surface area contributed by atoms with Gasteiger partial charge in [-0.1, -0.05) is 121 Å². The summed E-state index contributed by atoms with van der Waals surface area (Å²) in [6.07, 6.45) is 6.60. The van der Waals surface area contributed by atoms with Crippen LogP contribution < -0.4 is 0 Å². The first-order valence-electron chi connectivity index (χ1n) is 19.4. The molecule has 4 fully saturated rings. The van der Waals surface area contributed by atoms with Gasteiger partial charge in [-0.15, -0.1) is 0 Å². The molecule has 4 saturated carbocycles. The molecule has 0 radical (unpaired) electrons. The lowest BCUT2D eigenvalue weighted by molar-refractivity contribution is -0.0397. The zero-order valence-corrected chi connectivity index (χ0v) is 30.0. The van der Waals surface area contributed by atoms with Crippen LogP contribution in [0.2, 0.25) is 0 Å². The summed E-state index contributed by atoms with van der Waals surface area (Å²) in [5.74, 6) is 4.86. The Balaban J connectivity index is 1.08. The number of nitrogens with zero attached hydrogens (tertiary/aromatic N) is 4. The average Bonchev–Trinajstić information content (AvgIpc) is 3.53. The van der Waals surface area contributed by atoms with E-state index in [0.717, 1.165) is 39.7 Å². The molecule has 4 bridgehead atoms. The van der Waals surface area contributed by atoms with Crippen molar-refractivity contribution in [3.63, 3.8) is 0 Å². The predicted octanol–water partition coefficient (Wildman–Crippen LogP) is 11.8. The number of nitriles is 1. The second-order valence-electron chi connectivity index (χ2n) is 16.0. The number of hydrogen-bond acceptors (Lipinski definition) is 4. The summed E-state index contributed by atoms with van der Waals surface area (Å²) in [7, 11) is 0. The van der Waals surface area contributed by atoms with E-state index in [0.29, 0.717) is 29.3 Å². The van der Waals surface area contributed by atoms with Gasteiger partial charge in [0.05, 0.1) is 11.6 Å². The van der Waals surface area contributed by atoms with Crippen LogP contribution in [-0.4, -0.2) is 15.0 Å². The molecule has 5 aliphatic rings. The van der Waals surface area contributed by atoms with Crippen LogP contribution in [0.1, 0.15) is 48.8 Å². The minimum atomic E-state index is -0.0613. The Labute approximate surface area is 316 Å². The summed E-state index contributed by atoms with van der Waals surface area (Å²) in [6, 6.07) is 53.9. The summed E-state index contributed by atoms with van der Waals surface area (Å²) >= 11 is 0. The van der Waals surface area contributed by atoms with Gasteiger partial charge in [0.15, 0.2) is 17.5 Å². The molecule has 1 heterocycles. The van der Waals surface area contributed by atoms with Crippen LogP contribution in [0.25, 0.3) is 67.5 Å². The molecule has 4 nitrogen and oxygen atoms in total. The normalized spacial score (nSPS) is 22.9. The molecule has 0 aliphatic heterocycles. The summed E-state index contributed by atoms with van der Waals surface area (Å²) in [6.45, 7) is 0. The van der Waals surface area contributed by atoms with Crippen LogP contribution in [0.3, 0.4) is 0 Å². The molecule has 54 heavy (non-hydrogen) atoms. The second-order valence-corrected chi connectivity index (χ2v) is 16.0. The zero-order valence-electron chi connectivity index (χ0n) is 30.0. The molecule has 0 atom stereocenters. The summed E-state index contributed by atoms with van der Waals surface area (Å²) in [5, 5.41) is 10.3. The molecule has 0 N–H and O–H groups in total. The third kappa shape index (κ3) is 4.78. The van der Waals surface area contributed by atoms with Crippen molar-refractivity contribution < 1.29 is 0 Å². The predicted molar refractivity (Wildman–Crippen MR) is 215 cm³/mol. The molecule has 1 aromatic heterocycles. The lowest BCUT2D eigenvalue weighted by Gasteiger charge is -2.61. The first kappa shape index (κ1) is 31.4. The summed E-state index contributed by atoms with van der Waals surface area (Å²) in [4.78, 5) is 15.0. The SMILES string of the molecule is N#Cc1cc(-c2ccccc2)c2c(c1)-c1ccc(-c3cccc(-c4nc(-c5ccccc5)nc(-c5ccccc5)n4)c3)cc1C21C2CC3CC(C2)CC1C3. The molecule has 6 aromatic carbocycles. The molecule has 12 rings (SSSR count). The fourth-order valence-corrected chi connectivity index (χ4v) is 11.2. The Kier molecular flexibility index (Phi) is 7.07. The molecule has 1 spiro atoms. The largest absolute Gasteiger partial charge is 0.208 e. The molecule has 0 saturated heterocycles. The number of hydrogen-bond donors (Lipinski definition) is 0. The quantitative estimate of drug-likeness (QED) is 0.180. The van der Waals surface area contributed by atoms with Crippen molar-refractivity contribution in [3.05, 3.63) is 162 Å². The standard InChI is InChI=1S/C50H38N4/c51-30-33-26-43(34-11-4-1-5-12-34)46-44(27-33)42-20-19-38(29-45(42)50(46)40-22-31-21-32(24-40)25-41(50)23-31)37-17-10-18-39(28-37)49-53-47(35-13-6-2-7-14-35)52-48(54-49)36-15-8-3-9-16-36/h1-20,26-29,31-32,40-41H,21-25H2. The molecule has 258 valence electrons. The monoisotopic (exact) mass is 694 g/mol. The van der Waals surface area contributed by atoms with E-state index in [9.17, 15) is 5.26 Å². The minimum absolute atomic E-state index is 0.0613. The highest BCUT2D eigenvalue weighted by Crippen LogP contribution is 2.70. The third-order valence-electron chi connectivity index (χ3n) is 13.1. The van der Waals surface area contributed by atoms with E-state index in [4.69, 9.17) is 15.0 Å². The van der Waals surface area contributed by atoms with Crippen molar-refractivity contribution in [2.24, 2.45) is 23.7 Å². The maximum absolute atomic E-state index is 10.3. The number of rotatable bonds is 5. The third-order valence-corrected chi connectivity index (χ3v) is 13.1. The van der Waals surface area contributed by atoms with Crippen molar-refractivity contribution in [2.45, 2.75) is 37.5 Å². The van der Waals surface area contributed by atoms with E-state index in [1.54, 1.807) is 0 Å². The van der Waals surface area contributed by atoms with Crippen molar-refractivity contribution in [3.8, 4) is 73.6 Å². The highest BCUT2D eigenvalue weighted by molar-refractivity contribution is 5.92. The van der Waals surface area contributed by atoms with Crippen LogP contribution in [0.15, 0.2) is 146 Å². The van der Waals surface area contributed by atoms with Gasteiger partial charge in [0.25, 0.3) is 0 Å². The molecule has 4 heteroatoms. The van der Waals surface area contributed by atoms with Crippen molar-refractivity contribution >= 4 is 0 Å². The summed E-state index contributed by atoms with van der Waals surface area (Å²) < 4.78 is 0. The van der Waals surface area contributed by atoms with Crippen molar-refractivity contribution in [2.75, 3.05) is 0 Å². The Hall–Kier alpha value is -6.18. The number of fused-ring (bicyclic) bond motifs is 3. The van der Waals surface area contributed by atoms with E-state index < -0.39 is 0 Å². The average molecular weight is 695 g/mol. The minimum Gasteiger partial charge on any atom is -0.208 e. The molecule has 0 unspecified atom stereocenters. The van der Waals surface area contributed by atoms with Gasteiger partial charge in [0, 0.05) is 22.1 Å². The van der Waals surface area contributed by atoms with Gasteiger partial charge in [-0.25, -0.2) is 15.0 Å².